The SMILES string of the molecule is Nc1ccc2c(ccn2CC=O)c1. The third-order valence-corrected chi connectivity index (χ3v) is 2.07. The number of nitrogens with two attached hydrogens (primary N) is 1. The van der Waals surface area contributed by atoms with E-state index in [1.165, 1.54) is 0 Å². The Bertz CT molecular complexity index is 445. The number of anilines is 1. The fourth-order valence-corrected chi connectivity index (χ4v) is 1.46. The normalized spacial score (nSPS) is 10.5. The van der Waals surface area contributed by atoms with Gasteiger partial charge in [0.2, 0.25) is 0 Å². The van der Waals surface area contributed by atoms with Crippen LogP contribution < -0.4 is 5.73 Å². The molecular formula is C10H10N2O. The molecule has 2 N–H and O–H groups in total. The number of benzene rings is 1. The smallest absolute Gasteiger partial charge is 0.139 e. The van der Waals surface area contributed by atoms with E-state index >= 15 is 0 Å². The Morgan fingerprint density at radius 3 is 3.00 bits per heavy atom. The molecule has 0 amide bonds. The summed E-state index contributed by atoms with van der Waals surface area (Å²) in [6, 6.07) is 7.61. The average Bonchev–Trinajstić information content (AvgIpc) is 2.49. The van der Waals surface area contributed by atoms with Crippen molar-refractivity contribution in [1.29, 1.82) is 0 Å². The highest BCUT2D eigenvalue weighted by molar-refractivity contribution is 5.83. The van der Waals surface area contributed by atoms with Crippen molar-refractivity contribution in [2.45, 2.75) is 6.54 Å². The molecule has 0 spiro atoms. The lowest BCUT2D eigenvalue weighted by atomic mass is 10.2. The van der Waals surface area contributed by atoms with Gasteiger partial charge in [-0.2, -0.15) is 0 Å². The van der Waals surface area contributed by atoms with Gasteiger partial charge in [-0.25, -0.2) is 0 Å². The van der Waals surface area contributed by atoms with Crippen LogP contribution in [0.3, 0.4) is 0 Å². The molecule has 0 radical (unpaired) electrons. The fourth-order valence-electron chi connectivity index (χ4n) is 1.46. The molecule has 3 nitrogen and oxygen atoms in total. The number of nitrogens with zero attached hydrogens (tertiary/aromatic N) is 1. The molecule has 1 heterocycles. The monoisotopic (exact) mass is 174 g/mol. The molecule has 2 rings (SSSR count). The molecular weight excluding hydrogens is 164 g/mol. The van der Waals surface area contributed by atoms with Gasteiger partial charge in [-0.1, -0.05) is 0 Å². The predicted molar refractivity (Wildman–Crippen MR) is 52.4 cm³/mol. The summed E-state index contributed by atoms with van der Waals surface area (Å²) in [5.41, 5.74) is 7.42. The van der Waals surface area contributed by atoms with Gasteiger partial charge in [0.25, 0.3) is 0 Å². The molecule has 13 heavy (non-hydrogen) atoms. The van der Waals surface area contributed by atoms with Crippen molar-refractivity contribution in [2.75, 3.05) is 5.73 Å². The molecule has 2 aromatic rings. The van der Waals surface area contributed by atoms with Crippen LogP contribution in [-0.4, -0.2) is 10.9 Å². The second kappa shape index (κ2) is 2.94. The topological polar surface area (TPSA) is 48.0 Å². The lowest BCUT2D eigenvalue weighted by Gasteiger charge is -1.99. The van der Waals surface area contributed by atoms with E-state index in [9.17, 15) is 4.79 Å². The largest absolute Gasteiger partial charge is 0.399 e. The Kier molecular flexibility index (Phi) is 1.77. The van der Waals surface area contributed by atoms with Gasteiger partial charge in [0.05, 0.1) is 6.54 Å². The Labute approximate surface area is 75.8 Å². The standard InChI is InChI=1S/C10H10N2O/c11-9-1-2-10-8(7-9)3-4-12(10)5-6-13/h1-4,6-7H,5,11H2. The number of aromatic nitrogens is 1. The second-order valence-electron chi connectivity index (χ2n) is 2.95. The number of carbonyl (C=O) groups is 1. The maximum absolute atomic E-state index is 10.3. The fraction of sp³-hybridized carbons (Fsp3) is 0.100. The zero-order valence-electron chi connectivity index (χ0n) is 7.10. The Morgan fingerprint density at radius 1 is 1.38 bits per heavy atom. The van der Waals surface area contributed by atoms with Crippen LogP contribution in [0.5, 0.6) is 0 Å². The van der Waals surface area contributed by atoms with Crippen LogP contribution in [0.25, 0.3) is 10.9 Å². The summed E-state index contributed by atoms with van der Waals surface area (Å²) in [6.07, 6.45) is 2.77. The summed E-state index contributed by atoms with van der Waals surface area (Å²) in [6.45, 7) is 0.396. The molecule has 0 aliphatic rings. The zero-order chi connectivity index (χ0) is 9.26. The Hall–Kier alpha value is -1.77. The Morgan fingerprint density at radius 2 is 2.23 bits per heavy atom. The van der Waals surface area contributed by atoms with Gasteiger partial charge < -0.3 is 15.1 Å². The van der Waals surface area contributed by atoms with E-state index in [-0.39, 0.29) is 0 Å². The quantitative estimate of drug-likeness (QED) is 0.553. The van der Waals surface area contributed by atoms with E-state index in [2.05, 4.69) is 0 Å². The maximum Gasteiger partial charge on any atom is 0.139 e. The molecule has 0 atom stereocenters. The molecule has 0 unspecified atom stereocenters. The first kappa shape index (κ1) is 7.86. The van der Waals surface area contributed by atoms with E-state index in [0.717, 1.165) is 22.9 Å². The minimum atomic E-state index is 0.396. The van der Waals surface area contributed by atoms with Gasteiger partial charge in [-0.15, -0.1) is 0 Å². The lowest BCUT2D eigenvalue weighted by Crippen LogP contribution is -1.96. The van der Waals surface area contributed by atoms with Gasteiger partial charge in [0.1, 0.15) is 6.29 Å². The van der Waals surface area contributed by atoms with Crippen molar-refractivity contribution in [3.63, 3.8) is 0 Å². The summed E-state index contributed by atoms with van der Waals surface area (Å²) in [4.78, 5) is 10.3. The van der Waals surface area contributed by atoms with Crippen LogP contribution in [0.4, 0.5) is 5.69 Å². The van der Waals surface area contributed by atoms with Crippen molar-refractivity contribution in [3.8, 4) is 0 Å². The lowest BCUT2D eigenvalue weighted by molar-refractivity contribution is -0.108. The van der Waals surface area contributed by atoms with E-state index < -0.39 is 0 Å². The minimum Gasteiger partial charge on any atom is -0.399 e. The van der Waals surface area contributed by atoms with Crippen molar-refractivity contribution >= 4 is 22.9 Å². The van der Waals surface area contributed by atoms with Crippen LogP contribution in [0.2, 0.25) is 0 Å². The predicted octanol–water partition coefficient (Wildman–Crippen LogP) is 1.42. The third kappa shape index (κ3) is 1.28. The molecule has 66 valence electrons. The number of rotatable bonds is 2. The van der Waals surface area contributed by atoms with E-state index in [4.69, 9.17) is 5.73 Å². The third-order valence-electron chi connectivity index (χ3n) is 2.07. The van der Waals surface area contributed by atoms with Crippen molar-refractivity contribution in [2.24, 2.45) is 0 Å². The summed E-state index contributed by atoms with van der Waals surface area (Å²) >= 11 is 0. The highest BCUT2D eigenvalue weighted by Crippen LogP contribution is 2.18. The summed E-state index contributed by atoms with van der Waals surface area (Å²) in [5.74, 6) is 0. The number of hydrogen-bond acceptors (Lipinski definition) is 2. The molecule has 0 aliphatic carbocycles. The van der Waals surface area contributed by atoms with Crippen LogP contribution in [-0.2, 0) is 11.3 Å². The van der Waals surface area contributed by atoms with Crippen molar-refractivity contribution in [1.82, 2.24) is 4.57 Å². The zero-order valence-corrected chi connectivity index (χ0v) is 7.10. The van der Waals surface area contributed by atoms with Gasteiger partial charge >= 0.3 is 0 Å². The number of carbonyl (C=O) groups excluding carboxylic acids is 1. The first-order valence-corrected chi connectivity index (χ1v) is 4.09. The Balaban J connectivity index is 2.61. The number of fused-ring (bicyclic) bond motifs is 1. The average molecular weight is 174 g/mol. The molecule has 0 aliphatic heterocycles. The highest BCUT2D eigenvalue weighted by atomic mass is 16.1. The van der Waals surface area contributed by atoms with Crippen LogP contribution in [0.15, 0.2) is 30.5 Å². The van der Waals surface area contributed by atoms with Gasteiger partial charge in [-0.05, 0) is 24.3 Å². The van der Waals surface area contributed by atoms with E-state index in [1.807, 2.05) is 35.0 Å². The molecule has 0 saturated heterocycles. The molecule has 0 bridgehead atoms. The van der Waals surface area contributed by atoms with E-state index in [0.29, 0.717) is 6.54 Å². The first-order valence-electron chi connectivity index (χ1n) is 4.09. The molecule has 0 saturated carbocycles. The number of aldehydes is 1. The molecule has 3 heteroatoms. The van der Waals surface area contributed by atoms with Crippen molar-refractivity contribution in [3.05, 3.63) is 30.5 Å². The summed E-state index contributed by atoms with van der Waals surface area (Å²) in [5, 5.41) is 1.07. The first-order chi connectivity index (χ1) is 6.31. The van der Waals surface area contributed by atoms with Crippen LogP contribution >= 0.6 is 0 Å². The molecule has 1 aromatic heterocycles. The number of nitrogen functional groups attached to an aromatic ring is 1. The maximum atomic E-state index is 10.3. The second-order valence-corrected chi connectivity index (χ2v) is 2.95. The van der Waals surface area contributed by atoms with E-state index in [1.54, 1.807) is 0 Å². The molecule has 1 aromatic carbocycles. The van der Waals surface area contributed by atoms with Crippen LogP contribution in [0, 0.1) is 0 Å². The van der Waals surface area contributed by atoms with Crippen molar-refractivity contribution < 1.29 is 4.79 Å². The minimum absolute atomic E-state index is 0.396. The van der Waals surface area contributed by atoms with Gasteiger partial charge in [-0.3, -0.25) is 0 Å². The van der Waals surface area contributed by atoms with Gasteiger partial charge in [0, 0.05) is 22.8 Å². The summed E-state index contributed by atoms with van der Waals surface area (Å²) < 4.78 is 1.89. The highest BCUT2D eigenvalue weighted by Gasteiger charge is 1.99. The summed E-state index contributed by atoms with van der Waals surface area (Å²) in [7, 11) is 0. The van der Waals surface area contributed by atoms with Crippen LogP contribution in [0.1, 0.15) is 0 Å². The number of hydrogen-bond donors (Lipinski definition) is 1. The molecule has 0 fully saturated rings. The van der Waals surface area contributed by atoms with Gasteiger partial charge in [0.15, 0.2) is 0 Å².